The summed E-state index contributed by atoms with van der Waals surface area (Å²) in [4.78, 5) is 2.43. The first kappa shape index (κ1) is 15.8. The second-order valence-corrected chi connectivity index (χ2v) is 5.77. The summed E-state index contributed by atoms with van der Waals surface area (Å²) < 4.78 is 24.3. The van der Waals surface area contributed by atoms with Crippen molar-refractivity contribution < 1.29 is 13.9 Å². The summed E-state index contributed by atoms with van der Waals surface area (Å²) in [5.41, 5.74) is 1.93. The first-order valence-electron chi connectivity index (χ1n) is 8.05. The number of nitrogens with zero attached hydrogens (tertiary/aromatic N) is 1. The van der Waals surface area contributed by atoms with Crippen LogP contribution in [0.25, 0.3) is 11.1 Å². The van der Waals surface area contributed by atoms with Crippen LogP contribution in [0, 0.1) is 5.82 Å². The van der Waals surface area contributed by atoms with Crippen LogP contribution < -0.4 is 9.47 Å². The highest BCUT2D eigenvalue weighted by atomic mass is 19.1. The molecule has 0 N–H and O–H groups in total. The molecule has 1 fully saturated rings. The quantitative estimate of drug-likeness (QED) is 0.805. The van der Waals surface area contributed by atoms with E-state index in [0.29, 0.717) is 6.61 Å². The van der Waals surface area contributed by atoms with Gasteiger partial charge in [-0.25, -0.2) is 4.39 Å². The third kappa shape index (κ3) is 4.02. The van der Waals surface area contributed by atoms with Crippen LogP contribution in [-0.2, 0) is 0 Å². The zero-order valence-corrected chi connectivity index (χ0v) is 13.4. The van der Waals surface area contributed by atoms with Crippen molar-refractivity contribution in [2.75, 3.05) is 33.4 Å². The molecule has 2 aromatic carbocycles. The molecule has 0 bridgehead atoms. The Morgan fingerprint density at radius 1 is 1.00 bits per heavy atom. The molecule has 0 saturated carbocycles. The highest BCUT2D eigenvalue weighted by molar-refractivity contribution is 5.65. The maximum atomic E-state index is 13.5. The Bertz CT molecular complexity index is 636. The maximum absolute atomic E-state index is 13.5. The predicted octanol–water partition coefficient (Wildman–Crippen LogP) is 3.98. The molecule has 3 nitrogen and oxygen atoms in total. The fourth-order valence-electron chi connectivity index (χ4n) is 2.88. The van der Waals surface area contributed by atoms with Gasteiger partial charge < -0.3 is 9.47 Å². The van der Waals surface area contributed by atoms with E-state index < -0.39 is 0 Å². The monoisotopic (exact) mass is 315 g/mol. The van der Waals surface area contributed by atoms with Crippen LogP contribution in [0.1, 0.15) is 12.8 Å². The third-order valence-corrected chi connectivity index (χ3v) is 4.21. The fourth-order valence-corrected chi connectivity index (χ4v) is 2.88. The molecule has 1 saturated heterocycles. The van der Waals surface area contributed by atoms with Gasteiger partial charge in [-0.05, 0) is 61.3 Å². The molecule has 122 valence electrons. The minimum absolute atomic E-state index is 0.258. The summed E-state index contributed by atoms with van der Waals surface area (Å²) in [6.45, 7) is 4.07. The van der Waals surface area contributed by atoms with Gasteiger partial charge in [0.25, 0.3) is 0 Å². The molecule has 0 atom stereocenters. The minimum atomic E-state index is -0.349. The van der Waals surface area contributed by atoms with Crippen molar-refractivity contribution >= 4 is 0 Å². The average Bonchev–Trinajstić information content (AvgIpc) is 3.09. The van der Waals surface area contributed by atoms with Gasteiger partial charge in [0, 0.05) is 6.54 Å². The van der Waals surface area contributed by atoms with Gasteiger partial charge in [-0.1, -0.05) is 18.2 Å². The van der Waals surface area contributed by atoms with E-state index >= 15 is 0 Å². The third-order valence-electron chi connectivity index (χ3n) is 4.21. The molecular weight excluding hydrogens is 293 g/mol. The number of ether oxygens (including phenoxy) is 2. The number of hydrogen-bond donors (Lipinski definition) is 0. The number of likely N-dealkylation sites (tertiary alicyclic amines) is 1. The van der Waals surface area contributed by atoms with Crippen molar-refractivity contribution in [2.24, 2.45) is 0 Å². The molecule has 4 heteroatoms. The van der Waals surface area contributed by atoms with Crippen LogP contribution in [0.4, 0.5) is 4.39 Å². The van der Waals surface area contributed by atoms with Crippen molar-refractivity contribution in [3.8, 4) is 22.6 Å². The predicted molar refractivity (Wildman–Crippen MR) is 89.6 cm³/mol. The standard InChI is InChI=1S/C19H22FNO2/c1-22-19-14-16(6-9-18(19)20)15-4-7-17(8-5-15)23-13-12-21-10-2-3-11-21/h4-9,14H,2-3,10-13H2,1H3. The molecule has 23 heavy (non-hydrogen) atoms. The van der Waals surface area contributed by atoms with Gasteiger partial charge in [-0.2, -0.15) is 0 Å². The van der Waals surface area contributed by atoms with Crippen molar-refractivity contribution in [3.05, 3.63) is 48.3 Å². The lowest BCUT2D eigenvalue weighted by Gasteiger charge is -2.15. The number of hydrogen-bond acceptors (Lipinski definition) is 3. The van der Waals surface area contributed by atoms with Gasteiger partial charge in [0.1, 0.15) is 12.4 Å². The smallest absolute Gasteiger partial charge is 0.165 e. The lowest BCUT2D eigenvalue weighted by Crippen LogP contribution is -2.25. The molecule has 1 aliphatic rings. The van der Waals surface area contributed by atoms with Gasteiger partial charge in [0.15, 0.2) is 11.6 Å². The second-order valence-electron chi connectivity index (χ2n) is 5.77. The lowest BCUT2D eigenvalue weighted by atomic mass is 10.1. The highest BCUT2D eigenvalue weighted by Crippen LogP contribution is 2.27. The lowest BCUT2D eigenvalue weighted by molar-refractivity contribution is 0.238. The van der Waals surface area contributed by atoms with Gasteiger partial charge in [-0.3, -0.25) is 4.90 Å². The highest BCUT2D eigenvalue weighted by Gasteiger charge is 2.11. The first-order chi connectivity index (χ1) is 11.3. The Morgan fingerprint density at radius 3 is 2.39 bits per heavy atom. The van der Waals surface area contributed by atoms with Crippen molar-refractivity contribution in [3.63, 3.8) is 0 Å². The summed E-state index contributed by atoms with van der Waals surface area (Å²) >= 11 is 0. The molecule has 0 unspecified atom stereocenters. The zero-order valence-electron chi connectivity index (χ0n) is 13.4. The molecular formula is C19H22FNO2. The average molecular weight is 315 g/mol. The van der Waals surface area contributed by atoms with Crippen molar-refractivity contribution in [1.29, 1.82) is 0 Å². The maximum Gasteiger partial charge on any atom is 0.165 e. The number of halogens is 1. The van der Waals surface area contributed by atoms with Crippen molar-refractivity contribution in [1.82, 2.24) is 4.90 Å². The summed E-state index contributed by atoms with van der Waals surface area (Å²) in [6, 6.07) is 12.8. The van der Waals surface area contributed by atoms with Crippen LogP contribution in [0.3, 0.4) is 0 Å². The molecule has 0 amide bonds. The second kappa shape index (κ2) is 7.47. The van der Waals surface area contributed by atoms with Gasteiger partial charge in [0.2, 0.25) is 0 Å². The van der Waals surface area contributed by atoms with E-state index in [0.717, 1.165) is 23.4 Å². The van der Waals surface area contributed by atoms with Crippen LogP contribution in [0.15, 0.2) is 42.5 Å². The zero-order chi connectivity index (χ0) is 16.1. The van der Waals surface area contributed by atoms with E-state index in [1.807, 2.05) is 24.3 Å². The Kier molecular flexibility index (Phi) is 5.13. The number of rotatable bonds is 6. The SMILES string of the molecule is COc1cc(-c2ccc(OCCN3CCCC3)cc2)ccc1F. The summed E-state index contributed by atoms with van der Waals surface area (Å²) in [5.74, 6) is 0.772. The minimum Gasteiger partial charge on any atom is -0.494 e. The van der Waals surface area contributed by atoms with Crippen LogP contribution in [0.2, 0.25) is 0 Å². The molecule has 0 spiro atoms. The molecule has 0 aromatic heterocycles. The Labute approximate surface area is 136 Å². The topological polar surface area (TPSA) is 21.7 Å². The molecule has 2 aromatic rings. The Morgan fingerprint density at radius 2 is 1.70 bits per heavy atom. The Hall–Kier alpha value is -2.07. The summed E-state index contributed by atoms with van der Waals surface area (Å²) in [6.07, 6.45) is 2.60. The largest absolute Gasteiger partial charge is 0.494 e. The number of methoxy groups -OCH3 is 1. The first-order valence-corrected chi connectivity index (χ1v) is 8.05. The van der Waals surface area contributed by atoms with Gasteiger partial charge >= 0.3 is 0 Å². The van der Waals surface area contributed by atoms with Crippen molar-refractivity contribution in [2.45, 2.75) is 12.8 Å². The Balaban J connectivity index is 1.60. The fraction of sp³-hybridized carbons (Fsp3) is 0.368. The molecule has 3 rings (SSSR count). The van der Waals surface area contributed by atoms with E-state index in [9.17, 15) is 4.39 Å². The molecule has 0 aliphatic carbocycles. The van der Waals surface area contributed by atoms with Crippen LogP contribution in [-0.4, -0.2) is 38.3 Å². The van der Waals surface area contributed by atoms with E-state index in [4.69, 9.17) is 9.47 Å². The van der Waals surface area contributed by atoms with E-state index in [-0.39, 0.29) is 11.6 Å². The van der Waals surface area contributed by atoms with E-state index in [1.54, 1.807) is 12.1 Å². The molecule has 0 radical (unpaired) electrons. The summed E-state index contributed by atoms with van der Waals surface area (Å²) in [5, 5.41) is 0. The van der Waals surface area contributed by atoms with Gasteiger partial charge in [0.05, 0.1) is 7.11 Å². The van der Waals surface area contributed by atoms with Crippen LogP contribution >= 0.6 is 0 Å². The van der Waals surface area contributed by atoms with Gasteiger partial charge in [-0.15, -0.1) is 0 Å². The van der Waals surface area contributed by atoms with E-state index in [2.05, 4.69) is 4.90 Å². The summed E-state index contributed by atoms with van der Waals surface area (Å²) in [7, 11) is 1.47. The number of benzene rings is 2. The van der Waals surface area contributed by atoms with E-state index in [1.165, 1.54) is 39.1 Å². The molecule has 1 heterocycles. The normalized spacial score (nSPS) is 14.9. The molecule has 1 aliphatic heterocycles. The van der Waals surface area contributed by atoms with Crippen LogP contribution in [0.5, 0.6) is 11.5 Å².